The van der Waals surface area contributed by atoms with Gasteiger partial charge in [-0.15, -0.1) is 0 Å². The molecule has 3 heteroatoms. The number of hydrogen-bond donors (Lipinski definition) is 1. The van der Waals surface area contributed by atoms with Crippen LogP contribution < -0.4 is 5.73 Å². The second-order valence-corrected chi connectivity index (χ2v) is 4.43. The maximum atomic E-state index is 5.82. The highest BCUT2D eigenvalue weighted by atomic mass is 16.3. The van der Waals surface area contributed by atoms with Crippen LogP contribution in [0.1, 0.15) is 38.2 Å². The first-order chi connectivity index (χ1) is 7.77. The number of furan rings is 1. The minimum Gasteiger partial charge on any atom is -0.472 e. The fourth-order valence-electron chi connectivity index (χ4n) is 1.95. The Morgan fingerprint density at radius 1 is 1.44 bits per heavy atom. The molecule has 1 atom stereocenters. The smallest absolute Gasteiger partial charge is 0.0947 e. The van der Waals surface area contributed by atoms with Crippen LogP contribution in [0.3, 0.4) is 0 Å². The molecule has 0 aromatic carbocycles. The van der Waals surface area contributed by atoms with E-state index in [9.17, 15) is 0 Å². The second kappa shape index (κ2) is 7.47. The first kappa shape index (κ1) is 13.3. The van der Waals surface area contributed by atoms with Crippen molar-refractivity contribution < 1.29 is 4.42 Å². The second-order valence-electron chi connectivity index (χ2n) is 4.43. The van der Waals surface area contributed by atoms with E-state index in [-0.39, 0.29) is 0 Å². The number of likely N-dealkylation sites (N-methyl/N-ethyl adjacent to an activating group) is 1. The number of rotatable bonds is 8. The summed E-state index contributed by atoms with van der Waals surface area (Å²) in [5.41, 5.74) is 7.04. The van der Waals surface area contributed by atoms with E-state index in [2.05, 4.69) is 18.9 Å². The van der Waals surface area contributed by atoms with E-state index in [1.54, 1.807) is 12.5 Å². The van der Waals surface area contributed by atoms with E-state index >= 15 is 0 Å². The van der Waals surface area contributed by atoms with Gasteiger partial charge in [-0.05, 0) is 19.5 Å². The molecule has 1 aromatic rings. The highest BCUT2D eigenvalue weighted by Crippen LogP contribution is 2.11. The number of nitrogens with zero attached hydrogens (tertiary/aromatic N) is 1. The van der Waals surface area contributed by atoms with Crippen molar-refractivity contribution in [3.63, 3.8) is 0 Å². The molecule has 0 saturated heterocycles. The zero-order valence-corrected chi connectivity index (χ0v) is 10.5. The SMILES string of the molecule is CCCCCC(CN)N(C)Cc1ccoc1. The molecule has 0 bridgehead atoms. The predicted molar refractivity (Wildman–Crippen MR) is 67.2 cm³/mol. The van der Waals surface area contributed by atoms with Crippen molar-refractivity contribution in [1.82, 2.24) is 4.90 Å². The molecule has 1 aromatic heterocycles. The topological polar surface area (TPSA) is 42.4 Å². The Morgan fingerprint density at radius 2 is 2.25 bits per heavy atom. The van der Waals surface area contributed by atoms with Crippen LogP contribution in [0.5, 0.6) is 0 Å². The summed E-state index contributed by atoms with van der Waals surface area (Å²) >= 11 is 0. The molecular weight excluding hydrogens is 200 g/mol. The summed E-state index contributed by atoms with van der Waals surface area (Å²) in [5, 5.41) is 0. The van der Waals surface area contributed by atoms with Crippen LogP contribution in [-0.2, 0) is 6.54 Å². The van der Waals surface area contributed by atoms with Crippen molar-refractivity contribution in [3.8, 4) is 0 Å². The van der Waals surface area contributed by atoms with Gasteiger partial charge < -0.3 is 10.2 Å². The van der Waals surface area contributed by atoms with Crippen molar-refractivity contribution in [1.29, 1.82) is 0 Å². The molecule has 0 aliphatic carbocycles. The van der Waals surface area contributed by atoms with Gasteiger partial charge >= 0.3 is 0 Å². The molecule has 0 radical (unpaired) electrons. The Labute approximate surface area is 98.6 Å². The Balaban J connectivity index is 2.33. The summed E-state index contributed by atoms with van der Waals surface area (Å²) in [6, 6.07) is 2.50. The fourth-order valence-corrected chi connectivity index (χ4v) is 1.95. The van der Waals surface area contributed by atoms with Crippen LogP contribution in [0.4, 0.5) is 0 Å². The number of unbranched alkanes of at least 4 members (excludes halogenated alkanes) is 2. The van der Waals surface area contributed by atoms with Gasteiger partial charge in [0.1, 0.15) is 0 Å². The first-order valence-electron chi connectivity index (χ1n) is 6.19. The van der Waals surface area contributed by atoms with E-state index in [4.69, 9.17) is 10.2 Å². The van der Waals surface area contributed by atoms with Gasteiger partial charge in [-0.3, -0.25) is 4.90 Å². The summed E-state index contributed by atoms with van der Waals surface area (Å²) < 4.78 is 5.07. The molecule has 92 valence electrons. The van der Waals surface area contributed by atoms with E-state index in [0.717, 1.165) is 13.1 Å². The molecule has 1 unspecified atom stereocenters. The van der Waals surface area contributed by atoms with Crippen LogP contribution in [0.15, 0.2) is 23.0 Å². The van der Waals surface area contributed by atoms with E-state index in [1.807, 2.05) is 6.07 Å². The minimum absolute atomic E-state index is 0.487. The van der Waals surface area contributed by atoms with Crippen LogP contribution in [-0.4, -0.2) is 24.5 Å². The molecule has 0 aliphatic heterocycles. The van der Waals surface area contributed by atoms with Gasteiger partial charge in [-0.2, -0.15) is 0 Å². The van der Waals surface area contributed by atoms with Crippen molar-refractivity contribution in [2.75, 3.05) is 13.6 Å². The molecule has 0 amide bonds. The molecule has 0 saturated carbocycles. The lowest BCUT2D eigenvalue weighted by atomic mass is 10.1. The van der Waals surface area contributed by atoms with E-state index < -0.39 is 0 Å². The zero-order chi connectivity index (χ0) is 11.8. The molecule has 1 heterocycles. The molecular formula is C13H24N2O. The number of nitrogens with two attached hydrogens (primary N) is 1. The van der Waals surface area contributed by atoms with Crippen molar-refractivity contribution >= 4 is 0 Å². The standard InChI is InChI=1S/C13H24N2O/c1-3-4-5-6-13(9-14)15(2)10-12-7-8-16-11-12/h7-8,11,13H,3-6,9-10,14H2,1-2H3. The van der Waals surface area contributed by atoms with Crippen LogP contribution in [0.2, 0.25) is 0 Å². The Hall–Kier alpha value is -0.800. The monoisotopic (exact) mass is 224 g/mol. The molecule has 1 rings (SSSR count). The van der Waals surface area contributed by atoms with Gasteiger partial charge in [0, 0.05) is 24.7 Å². The highest BCUT2D eigenvalue weighted by molar-refractivity contribution is 5.04. The maximum Gasteiger partial charge on any atom is 0.0947 e. The Bertz CT molecular complexity index is 259. The lowest BCUT2D eigenvalue weighted by Gasteiger charge is -2.26. The van der Waals surface area contributed by atoms with Crippen LogP contribution in [0.25, 0.3) is 0 Å². The number of hydrogen-bond acceptors (Lipinski definition) is 3. The van der Waals surface area contributed by atoms with Crippen LogP contribution >= 0.6 is 0 Å². The maximum absolute atomic E-state index is 5.82. The van der Waals surface area contributed by atoms with Gasteiger partial charge in [0.2, 0.25) is 0 Å². The third kappa shape index (κ3) is 4.37. The average molecular weight is 224 g/mol. The summed E-state index contributed by atoms with van der Waals surface area (Å²) in [6.45, 7) is 3.88. The molecule has 3 nitrogen and oxygen atoms in total. The quantitative estimate of drug-likeness (QED) is 0.690. The van der Waals surface area contributed by atoms with E-state index in [0.29, 0.717) is 6.04 Å². The van der Waals surface area contributed by atoms with Crippen LogP contribution in [0, 0.1) is 0 Å². The minimum atomic E-state index is 0.487. The third-order valence-electron chi connectivity index (χ3n) is 3.05. The molecule has 0 aliphatic rings. The average Bonchev–Trinajstić information content (AvgIpc) is 2.77. The predicted octanol–water partition coefficient (Wildman–Crippen LogP) is 2.62. The molecule has 16 heavy (non-hydrogen) atoms. The molecule has 2 N–H and O–H groups in total. The Morgan fingerprint density at radius 3 is 2.81 bits per heavy atom. The first-order valence-corrected chi connectivity index (χ1v) is 6.19. The normalized spacial score (nSPS) is 13.2. The largest absolute Gasteiger partial charge is 0.472 e. The lowest BCUT2D eigenvalue weighted by molar-refractivity contribution is 0.222. The van der Waals surface area contributed by atoms with E-state index in [1.165, 1.54) is 31.2 Å². The van der Waals surface area contributed by atoms with Gasteiger partial charge in [-0.25, -0.2) is 0 Å². The molecule has 0 fully saturated rings. The highest BCUT2D eigenvalue weighted by Gasteiger charge is 2.13. The summed E-state index contributed by atoms with van der Waals surface area (Å²) in [7, 11) is 2.14. The zero-order valence-electron chi connectivity index (χ0n) is 10.5. The molecule has 0 spiro atoms. The van der Waals surface area contributed by atoms with Crippen molar-refractivity contribution in [3.05, 3.63) is 24.2 Å². The third-order valence-corrected chi connectivity index (χ3v) is 3.05. The van der Waals surface area contributed by atoms with Gasteiger partial charge in [-0.1, -0.05) is 26.2 Å². The van der Waals surface area contributed by atoms with Gasteiger partial charge in [0.25, 0.3) is 0 Å². The fraction of sp³-hybridized carbons (Fsp3) is 0.692. The lowest BCUT2D eigenvalue weighted by Crippen LogP contribution is -2.37. The summed E-state index contributed by atoms with van der Waals surface area (Å²) in [5.74, 6) is 0. The Kier molecular flexibility index (Phi) is 6.19. The van der Waals surface area contributed by atoms with Crippen molar-refractivity contribution in [2.24, 2.45) is 5.73 Å². The van der Waals surface area contributed by atoms with Gasteiger partial charge in [0.15, 0.2) is 0 Å². The summed E-state index contributed by atoms with van der Waals surface area (Å²) in [4.78, 5) is 2.32. The van der Waals surface area contributed by atoms with Gasteiger partial charge in [0.05, 0.1) is 12.5 Å². The summed E-state index contributed by atoms with van der Waals surface area (Å²) in [6.07, 6.45) is 8.55. The van der Waals surface area contributed by atoms with Crippen molar-refractivity contribution in [2.45, 2.75) is 45.2 Å².